The van der Waals surface area contributed by atoms with Gasteiger partial charge in [0.1, 0.15) is 22.7 Å². The van der Waals surface area contributed by atoms with E-state index in [1.165, 1.54) is 16.3 Å². The smallest absolute Gasteiger partial charge is 0.144 e. The Hall–Kier alpha value is -5.46. The maximum absolute atomic E-state index is 11.9. The Balaban J connectivity index is 1.40. The normalized spacial score (nSPS) is 12.7. The highest BCUT2D eigenvalue weighted by atomic mass is 28.3. The van der Waals surface area contributed by atoms with E-state index < -0.39 is 8.07 Å². The third-order valence-corrected chi connectivity index (χ3v) is 12.8. The standard InChI is InChI=1S/C48H49N3O2Si/c1-47(2,3)31-25-37(44(52)38(26-31)48(4,5)6)46-50-43-33(20-16-21-40(43)51(46)7)36-24-30(23-35-32-19-14-15-22-41(32)53-45(35)36)39-27-34(29-17-12-11-13-18-29)42(28-49-39)54(8,9)10/h11-28,52H,1-10H3. The van der Waals surface area contributed by atoms with Crippen LogP contribution in [-0.2, 0) is 17.9 Å². The summed E-state index contributed by atoms with van der Waals surface area (Å²) in [6, 6.07) is 36.2. The second-order valence-electron chi connectivity index (χ2n) is 17.8. The van der Waals surface area contributed by atoms with E-state index in [0.717, 1.165) is 77.9 Å². The molecule has 0 radical (unpaired) electrons. The fourth-order valence-electron chi connectivity index (χ4n) is 7.72. The van der Waals surface area contributed by atoms with Gasteiger partial charge in [0, 0.05) is 46.3 Å². The Morgan fingerprint density at radius 3 is 2.09 bits per heavy atom. The first kappa shape index (κ1) is 35.6. The first-order chi connectivity index (χ1) is 25.5. The summed E-state index contributed by atoms with van der Waals surface area (Å²) in [6.45, 7) is 20.2. The van der Waals surface area contributed by atoms with Gasteiger partial charge in [-0.1, -0.05) is 128 Å². The van der Waals surface area contributed by atoms with Crippen LogP contribution in [0.4, 0.5) is 0 Å². The molecule has 0 aliphatic heterocycles. The van der Waals surface area contributed by atoms with Crippen molar-refractivity contribution in [2.24, 2.45) is 7.05 Å². The van der Waals surface area contributed by atoms with Crippen LogP contribution in [0.1, 0.15) is 52.7 Å². The molecular formula is C48H49N3O2Si. The van der Waals surface area contributed by atoms with Crippen LogP contribution in [0.3, 0.4) is 0 Å². The van der Waals surface area contributed by atoms with Crippen molar-refractivity contribution in [3.8, 4) is 50.6 Å². The molecule has 0 aliphatic carbocycles. The van der Waals surface area contributed by atoms with Crippen molar-refractivity contribution in [3.05, 3.63) is 120 Å². The van der Waals surface area contributed by atoms with Gasteiger partial charge in [-0.2, -0.15) is 0 Å². The Kier molecular flexibility index (Phi) is 8.27. The number of phenolic OH excluding ortho intramolecular Hbond substituents is 1. The number of pyridine rings is 1. The molecule has 6 heteroatoms. The number of phenols is 1. The molecule has 3 aromatic heterocycles. The average molecular weight is 728 g/mol. The molecule has 0 atom stereocenters. The molecule has 5 nitrogen and oxygen atoms in total. The molecule has 8 aromatic rings. The van der Waals surface area contributed by atoms with Crippen molar-refractivity contribution >= 4 is 46.2 Å². The van der Waals surface area contributed by atoms with E-state index in [-0.39, 0.29) is 16.6 Å². The molecule has 0 bridgehead atoms. The molecule has 0 fully saturated rings. The predicted molar refractivity (Wildman–Crippen MR) is 230 cm³/mol. The van der Waals surface area contributed by atoms with Gasteiger partial charge in [-0.25, -0.2) is 4.98 Å². The molecule has 5 aromatic carbocycles. The van der Waals surface area contributed by atoms with Crippen LogP contribution >= 0.6 is 0 Å². The van der Waals surface area contributed by atoms with Gasteiger partial charge in [-0.15, -0.1) is 0 Å². The zero-order chi connectivity index (χ0) is 38.3. The maximum Gasteiger partial charge on any atom is 0.144 e. The first-order valence-electron chi connectivity index (χ1n) is 18.9. The highest BCUT2D eigenvalue weighted by molar-refractivity contribution is 6.89. The second kappa shape index (κ2) is 12.6. The Morgan fingerprint density at radius 2 is 1.39 bits per heavy atom. The number of nitrogens with zero attached hydrogens (tertiary/aromatic N) is 3. The molecule has 0 amide bonds. The Labute approximate surface area is 319 Å². The number of aryl methyl sites for hydroxylation is 1. The number of benzene rings is 5. The zero-order valence-corrected chi connectivity index (χ0v) is 34.1. The SMILES string of the molecule is Cn1c(-c2cc(C(C)(C)C)cc(C(C)(C)C)c2O)nc2c(-c3cc(-c4cc(-c5ccccc5)c([Si](C)(C)C)cn4)cc4c3oc3ccccc34)cccc21. The number of para-hydroxylation sites is 2. The second-order valence-corrected chi connectivity index (χ2v) is 22.9. The van der Waals surface area contributed by atoms with Gasteiger partial charge < -0.3 is 14.1 Å². The van der Waals surface area contributed by atoms with E-state index in [0.29, 0.717) is 0 Å². The lowest BCUT2D eigenvalue weighted by Gasteiger charge is -2.27. The summed E-state index contributed by atoms with van der Waals surface area (Å²) >= 11 is 0. The summed E-state index contributed by atoms with van der Waals surface area (Å²) in [7, 11) is 0.321. The van der Waals surface area contributed by atoms with Gasteiger partial charge in [-0.05, 0) is 69.1 Å². The van der Waals surface area contributed by atoms with E-state index in [9.17, 15) is 5.11 Å². The molecule has 272 valence electrons. The summed E-state index contributed by atoms with van der Waals surface area (Å²) in [4.78, 5) is 10.5. The molecule has 54 heavy (non-hydrogen) atoms. The number of fused-ring (bicyclic) bond motifs is 4. The lowest BCUT2D eigenvalue weighted by molar-refractivity contribution is 0.446. The van der Waals surface area contributed by atoms with Crippen molar-refractivity contribution in [2.45, 2.75) is 72.0 Å². The number of imidazole rings is 1. The molecule has 1 N–H and O–H groups in total. The summed E-state index contributed by atoms with van der Waals surface area (Å²) in [5.41, 5.74) is 12.2. The van der Waals surface area contributed by atoms with Gasteiger partial charge in [0.2, 0.25) is 0 Å². The van der Waals surface area contributed by atoms with Gasteiger partial charge in [0.05, 0.1) is 30.4 Å². The van der Waals surface area contributed by atoms with E-state index in [2.05, 4.69) is 163 Å². The lowest BCUT2D eigenvalue weighted by atomic mass is 9.79. The molecule has 0 unspecified atom stereocenters. The van der Waals surface area contributed by atoms with Crippen LogP contribution in [0.25, 0.3) is 77.9 Å². The maximum atomic E-state index is 11.9. The summed E-state index contributed by atoms with van der Waals surface area (Å²) in [5, 5.41) is 15.3. The molecule has 3 heterocycles. The largest absolute Gasteiger partial charge is 0.507 e. The summed E-state index contributed by atoms with van der Waals surface area (Å²) in [6.07, 6.45) is 2.11. The molecule has 8 rings (SSSR count). The molecule has 0 spiro atoms. The van der Waals surface area contributed by atoms with E-state index in [4.69, 9.17) is 14.4 Å². The Bertz CT molecular complexity index is 2740. The zero-order valence-electron chi connectivity index (χ0n) is 33.1. The van der Waals surface area contributed by atoms with Gasteiger partial charge in [0.15, 0.2) is 0 Å². The fourth-order valence-corrected chi connectivity index (χ4v) is 9.20. The van der Waals surface area contributed by atoms with Crippen molar-refractivity contribution < 1.29 is 9.52 Å². The average Bonchev–Trinajstić information content (AvgIpc) is 3.67. The first-order valence-corrected chi connectivity index (χ1v) is 22.4. The van der Waals surface area contributed by atoms with Crippen molar-refractivity contribution in [1.82, 2.24) is 14.5 Å². The molecule has 0 saturated heterocycles. The fraction of sp³-hybridized carbons (Fsp3) is 0.250. The minimum absolute atomic E-state index is 0.118. The quantitative estimate of drug-likeness (QED) is 0.179. The molecule has 0 aliphatic rings. The van der Waals surface area contributed by atoms with Gasteiger partial charge in [0.25, 0.3) is 0 Å². The van der Waals surface area contributed by atoms with Gasteiger partial charge >= 0.3 is 0 Å². The number of aromatic nitrogens is 3. The van der Waals surface area contributed by atoms with E-state index in [1.54, 1.807) is 0 Å². The van der Waals surface area contributed by atoms with Crippen LogP contribution in [0.15, 0.2) is 114 Å². The number of rotatable bonds is 5. The molecular weight excluding hydrogens is 679 g/mol. The highest BCUT2D eigenvalue weighted by Gasteiger charge is 2.28. The Morgan fingerprint density at radius 1 is 0.667 bits per heavy atom. The van der Waals surface area contributed by atoms with Crippen LogP contribution in [0, 0.1) is 0 Å². The predicted octanol–water partition coefficient (Wildman–Crippen LogP) is 12.4. The number of hydrogen-bond donors (Lipinski definition) is 1. The van der Waals surface area contributed by atoms with Crippen molar-refractivity contribution in [3.63, 3.8) is 0 Å². The third kappa shape index (κ3) is 6.03. The number of furan rings is 1. The lowest BCUT2D eigenvalue weighted by Crippen LogP contribution is -2.39. The van der Waals surface area contributed by atoms with Crippen molar-refractivity contribution in [1.29, 1.82) is 0 Å². The minimum Gasteiger partial charge on any atom is -0.507 e. The topological polar surface area (TPSA) is 64.1 Å². The van der Waals surface area contributed by atoms with E-state index in [1.807, 2.05) is 19.2 Å². The van der Waals surface area contributed by atoms with Crippen LogP contribution < -0.4 is 5.19 Å². The number of aromatic hydroxyl groups is 1. The monoisotopic (exact) mass is 727 g/mol. The molecule has 0 saturated carbocycles. The summed E-state index contributed by atoms with van der Waals surface area (Å²) in [5.74, 6) is 0.999. The van der Waals surface area contributed by atoms with Gasteiger partial charge in [-0.3, -0.25) is 4.98 Å². The third-order valence-electron chi connectivity index (χ3n) is 10.8. The van der Waals surface area contributed by atoms with E-state index >= 15 is 0 Å². The van der Waals surface area contributed by atoms with Crippen LogP contribution in [-0.4, -0.2) is 27.7 Å². The van der Waals surface area contributed by atoms with Crippen LogP contribution in [0.5, 0.6) is 5.75 Å². The van der Waals surface area contributed by atoms with Crippen molar-refractivity contribution in [2.75, 3.05) is 0 Å². The van der Waals surface area contributed by atoms with Crippen LogP contribution in [0.2, 0.25) is 19.6 Å². The minimum atomic E-state index is -1.72. The number of hydrogen-bond acceptors (Lipinski definition) is 4. The highest BCUT2D eigenvalue weighted by Crippen LogP contribution is 2.45. The summed E-state index contributed by atoms with van der Waals surface area (Å²) < 4.78 is 8.80.